The first-order valence-corrected chi connectivity index (χ1v) is 9.23. The van der Waals surface area contributed by atoms with Crippen molar-refractivity contribution in [3.63, 3.8) is 0 Å². The normalized spacial score (nSPS) is 12.3. The van der Waals surface area contributed by atoms with E-state index in [4.69, 9.17) is 14.2 Å². The summed E-state index contributed by atoms with van der Waals surface area (Å²) in [5.74, 6) is -0.922. The van der Waals surface area contributed by atoms with Gasteiger partial charge in [0.1, 0.15) is 12.2 Å². The minimum absolute atomic E-state index is 0.0699. The lowest BCUT2D eigenvalue weighted by atomic mass is 10.1. The van der Waals surface area contributed by atoms with Gasteiger partial charge < -0.3 is 19.5 Å². The van der Waals surface area contributed by atoms with E-state index in [0.717, 1.165) is 5.56 Å². The van der Waals surface area contributed by atoms with Crippen LogP contribution in [0.4, 0.5) is 4.79 Å². The zero-order chi connectivity index (χ0) is 21.0. The summed E-state index contributed by atoms with van der Waals surface area (Å²) in [6.07, 6.45) is 2.39. The van der Waals surface area contributed by atoms with Crippen molar-refractivity contribution in [2.45, 2.75) is 58.8 Å². The largest absolute Gasteiger partial charge is 0.463 e. The van der Waals surface area contributed by atoms with Crippen LogP contribution in [0.25, 0.3) is 0 Å². The molecule has 0 aliphatic rings. The van der Waals surface area contributed by atoms with Gasteiger partial charge in [-0.05, 0) is 39.7 Å². The zero-order valence-corrected chi connectivity index (χ0v) is 16.9. The van der Waals surface area contributed by atoms with Crippen molar-refractivity contribution in [3.05, 3.63) is 48.0 Å². The summed E-state index contributed by atoms with van der Waals surface area (Å²) in [4.78, 5) is 35.5. The van der Waals surface area contributed by atoms with Crippen LogP contribution in [-0.4, -0.2) is 36.3 Å². The van der Waals surface area contributed by atoms with E-state index < -0.39 is 29.7 Å². The highest BCUT2D eigenvalue weighted by Crippen LogP contribution is 2.09. The zero-order valence-electron chi connectivity index (χ0n) is 16.9. The van der Waals surface area contributed by atoms with E-state index in [2.05, 4.69) is 5.32 Å². The van der Waals surface area contributed by atoms with Gasteiger partial charge in [-0.2, -0.15) is 0 Å². The van der Waals surface area contributed by atoms with E-state index >= 15 is 0 Å². The van der Waals surface area contributed by atoms with Crippen LogP contribution in [0.3, 0.4) is 0 Å². The number of hydrogen-bond acceptors (Lipinski definition) is 6. The van der Waals surface area contributed by atoms with Crippen LogP contribution in [0.1, 0.15) is 46.1 Å². The topological polar surface area (TPSA) is 90.9 Å². The predicted octanol–water partition coefficient (Wildman–Crippen LogP) is 3.52. The molecule has 28 heavy (non-hydrogen) atoms. The van der Waals surface area contributed by atoms with E-state index in [1.165, 1.54) is 12.2 Å². The molecule has 0 heterocycles. The van der Waals surface area contributed by atoms with Gasteiger partial charge in [0.15, 0.2) is 0 Å². The maximum atomic E-state index is 12.0. The molecule has 0 saturated heterocycles. The smallest absolute Gasteiger partial charge is 0.408 e. The molecule has 0 radical (unpaired) electrons. The second kappa shape index (κ2) is 11.8. The van der Waals surface area contributed by atoms with Crippen LogP contribution in [0.15, 0.2) is 42.5 Å². The molecule has 1 atom stereocenters. The molecule has 1 rings (SSSR count). The fourth-order valence-corrected chi connectivity index (χ4v) is 2.14. The average Bonchev–Trinajstić information content (AvgIpc) is 2.61. The summed E-state index contributed by atoms with van der Waals surface area (Å²) in [7, 11) is 0. The lowest BCUT2D eigenvalue weighted by molar-refractivity contribution is -0.145. The molecule has 1 amide bonds. The Balaban J connectivity index is 2.58. The molecule has 1 aromatic carbocycles. The van der Waals surface area contributed by atoms with Crippen LogP contribution in [0.5, 0.6) is 0 Å². The third-order valence-corrected chi connectivity index (χ3v) is 3.36. The van der Waals surface area contributed by atoms with Crippen LogP contribution in [0.2, 0.25) is 0 Å². The molecule has 0 aliphatic carbocycles. The maximum Gasteiger partial charge on any atom is 0.408 e. The maximum absolute atomic E-state index is 12.0. The minimum atomic E-state index is -0.659. The average molecular weight is 391 g/mol. The van der Waals surface area contributed by atoms with Gasteiger partial charge in [0.05, 0.1) is 12.6 Å². The van der Waals surface area contributed by atoms with Crippen molar-refractivity contribution in [1.82, 2.24) is 5.32 Å². The first-order valence-electron chi connectivity index (χ1n) is 9.23. The predicted molar refractivity (Wildman–Crippen MR) is 104 cm³/mol. The van der Waals surface area contributed by atoms with E-state index in [-0.39, 0.29) is 26.1 Å². The van der Waals surface area contributed by atoms with E-state index in [1.54, 1.807) is 27.7 Å². The van der Waals surface area contributed by atoms with Gasteiger partial charge in [-0.25, -0.2) is 9.59 Å². The molecule has 7 heteroatoms. The number of carbonyl (C=O) groups excluding carboxylic acids is 3. The highest BCUT2D eigenvalue weighted by molar-refractivity contribution is 5.82. The summed E-state index contributed by atoms with van der Waals surface area (Å²) >= 11 is 0. The van der Waals surface area contributed by atoms with Crippen molar-refractivity contribution in [2.24, 2.45) is 0 Å². The van der Waals surface area contributed by atoms with Crippen LogP contribution in [0, 0.1) is 0 Å². The van der Waals surface area contributed by atoms with Gasteiger partial charge in [0.25, 0.3) is 0 Å². The second-order valence-corrected chi connectivity index (χ2v) is 7.05. The molecule has 0 saturated carbocycles. The Labute approximate surface area is 166 Å². The summed E-state index contributed by atoms with van der Waals surface area (Å²) in [5.41, 5.74) is 0.232. The summed E-state index contributed by atoms with van der Waals surface area (Å²) in [5, 5.41) is 2.64. The van der Waals surface area contributed by atoms with E-state index in [0.29, 0.717) is 0 Å². The molecule has 1 N–H and O–H groups in total. The van der Waals surface area contributed by atoms with Crippen LogP contribution >= 0.6 is 0 Å². The van der Waals surface area contributed by atoms with Crippen LogP contribution in [-0.2, 0) is 30.4 Å². The molecule has 154 valence electrons. The quantitative estimate of drug-likeness (QED) is 0.393. The van der Waals surface area contributed by atoms with Gasteiger partial charge in [-0.15, -0.1) is 0 Å². The van der Waals surface area contributed by atoms with Gasteiger partial charge in [0, 0.05) is 12.5 Å². The Morgan fingerprint density at radius 1 is 1.11 bits per heavy atom. The number of alkyl carbamates (subject to hydrolysis) is 1. The molecule has 0 spiro atoms. The van der Waals surface area contributed by atoms with Crippen molar-refractivity contribution in [3.8, 4) is 0 Å². The third-order valence-electron chi connectivity index (χ3n) is 3.36. The summed E-state index contributed by atoms with van der Waals surface area (Å²) in [6.45, 7) is 7.37. The Morgan fingerprint density at radius 3 is 2.39 bits per heavy atom. The fraction of sp³-hybridized carbons (Fsp3) is 0.476. The summed E-state index contributed by atoms with van der Waals surface area (Å²) < 4.78 is 15.3. The molecule has 0 unspecified atom stereocenters. The minimum Gasteiger partial charge on any atom is -0.463 e. The van der Waals surface area contributed by atoms with Gasteiger partial charge in [-0.1, -0.05) is 36.4 Å². The molecular weight excluding hydrogens is 362 g/mol. The van der Waals surface area contributed by atoms with Gasteiger partial charge in [0.2, 0.25) is 0 Å². The number of amides is 1. The molecule has 1 aromatic rings. The molecule has 0 fully saturated rings. The Morgan fingerprint density at radius 2 is 1.79 bits per heavy atom. The van der Waals surface area contributed by atoms with E-state index in [9.17, 15) is 14.4 Å². The molecule has 0 aliphatic heterocycles. The van der Waals surface area contributed by atoms with Crippen molar-refractivity contribution in [2.75, 3.05) is 6.61 Å². The number of carbonyl (C=O) groups is 3. The monoisotopic (exact) mass is 391 g/mol. The second-order valence-electron chi connectivity index (χ2n) is 7.05. The van der Waals surface area contributed by atoms with Crippen molar-refractivity contribution < 1.29 is 28.6 Å². The Kier molecular flexibility index (Phi) is 9.78. The highest BCUT2D eigenvalue weighted by Gasteiger charge is 2.19. The van der Waals surface area contributed by atoms with Crippen LogP contribution < -0.4 is 5.32 Å². The van der Waals surface area contributed by atoms with Gasteiger partial charge in [-0.3, -0.25) is 4.79 Å². The number of nitrogens with one attached hydrogen (secondary N) is 1. The van der Waals surface area contributed by atoms with Crippen molar-refractivity contribution >= 4 is 18.0 Å². The lowest BCUT2D eigenvalue weighted by Crippen LogP contribution is -2.38. The van der Waals surface area contributed by atoms with Crippen molar-refractivity contribution in [1.29, 1.82) is 0 Å². The SMILES string of the molecule is CCOC(=O)/C=C/[C@H](CCC(=O)OCc1ccccc1)NC(=O)OC(C)(C)C. The number of hydrogen-bond donors (Lipinski definition) is 1. The molecule has 0 bridgehead atoms. The number of benzene rings is 1. The summed E-state index contributed by atoms with van der Waals surface area (Å²) in [6, 6.07) is 8.76. The molecular formula is C21H29NO6. The molecule has 0 aromatic heterocycles. The number of esters is 2. The third kappa shape index (κ3) is 11.0. The first-order chi connectivity index (χ1) is 13.2. The highest BCUT2D eigenvalue weighted by atomic mass is 16.6. The Bertz CT molecular complexity index is 663. The molecule has 7 nitrogen and oxygen atoms in total. The van der Waals surface area contributed by atoms with Gasteiger partial charge >= 0.3 is 18.0 Å². The van der Waals surface area contributed by atoms with E-state index in [1.807, 2.05) is 30.3 Å². The number of rotatable bonds is 9. The lowest BCUT2D eigenvalue weighted by Gasteiger charge is -2.22. The standard InChI is InChI=1S/C21H29NO6/c1-5-26-18(23)13-11-17(22-20(25)28-21(2,3)4)12-14-19(24)27-15-16-9-7-6-8-10-16/h6-11,13,17H,5,12,14-15H2,1-4H3,(H,22,25)/b13-11+/t17-/m1/s1. The first kappa shape index (κ1) is 23.2. The number of ether oxygens (including phenoxy) is 3. The Hall–Kier alpha value is -2.83. The fourth-order valence-electron chi connectivity index (χ4n) is 2.14.